The smallest absolute Gasteiger partial charge is 0.161 e. The summed E-state index contributed by atoms with van der Waals surface area (Å²) in [5.41, 5.74) is 0. The van der Waals surface area contributed by atoms with Crippen LogP contribution in [0.2, 0.25) is 0 Å². The summed E-state index contributed by atoms with van der Waals surface area (Å²) in [6.07, 6.45) is 5.91. The number of hydrogen-bond donors (Lipinski definition) is 1. The minimum absolute atomic E-state index is 0.626. The van der Waals surface area contributed by atoms with Crippen molar-refractivity contribution in [2.45, 2.75) is 52.0 Å². The van der Waals surface area contributed by atoms with Crippen LogP contribution in [0.15, 0.2) is 24.3 Å². The molecule has 0 heterocycles. The van der Waals surface area contributed by atoms with Crippen molar-refractivity contribution >= 4 is 0 Å². The zero-order valence-corrected chi connectivity index (χ0v) is 13.2. The molecule has 1 aromatic rings. The van der Waals surface area contributed by atoms with Crippen molar-refractivity contribution in [2.24, 2.45) is 0 Å². The summed E-state index contributed by atoms with van der Waals surface area (Å²) in [7, 11) is 1.67. The SMILES string of the molecule is CCCNC(CCC)CCCOc1ccccc1OC. The lowest BCUT2D eigenvalue weighted by Gasteiger charge is -2.18. The molecule has 20 heavy (non-hydrogen) atoms. The maximum Gasteiger partial charge on any atom is 0.161 e. The fourth-order valence-corrected chi connectivity index (χ4v) is 2.30. The van der Waals surface area contributed by atoms with Gasteiger partial charge in [0.05, 0.1) is 13.7 Å². The normalized spacial score (nSPS) is 12.2. The first kappa shape index (κ1) is 16.8. The fraction of sp³-hybridized carbons (Fsp3) is 0.647. The maximum absolute atomic E-state index is 5.81. The van der Waals surface area contributed by atoms with Crippen LogP contribution in [0.5, 0.6) is 11.5 Å². The average molecular weight is 279 g/mol. The Morgan fingerprint density at radius 1 is 1.05 bits per heavy atom. The Labute approximate surface area is 123 Å². The zero-order chi connectivity index (χ0) is 14.6. The molecule has 3 heteroatoms. The summed E-state index contributed by atoms with van der Waals surface area (Å²) in [6.45, 7) is 6.30. The molecule has 1 N–H and O–H groups in total. The van der Waals surface area contributed by atoms with E-state index >= 15 is 0 Å². The molecule has 114 valence electrons. The Morgan fingerprint density at radius 3 is 2.45 bits per heavy atom. The van der Waals surface area contributed by atoms with Gasteiger partial charge in [0.2, 0.25) is 0 Å². The number of para-hydroxylation sites is 2. The topological polar surface area (TPSA) is 30.5 Å². The van der Waals surface area contributed by atoms with Crippen LogP contribution < -0.4 is 14.8 Å². The highest BCUT2D eigenvalue weighted by Crippen LogP contribution is 2.25. The predicted octanol–water partition coefficient (Wildman–Crippen LogP) is 4.02. The van der Waals surface area contributed by atoms with Gasteiger partial charge in [-0.1, -0.05) is 32.4 Å². The van der Waals surface area contributed by atoms with Crippen LogP contribution in [0.25, 0.3) is 0 Å². The monoisotopic (exact) mass is 279 g/mol. The highest BCUT2D eigenvalue weighted by molar-refractivity contribution is 5.39. The lowest BCUT2D eigenvalue weighted by atomic mass is 10.1. The molecule has 0 saturated heterocycles. The largest absolute Gasteiger partial charge is 0.493 e. The molecule has 0 fully saturated rings. The van der Waals surface area contributed by atoms with Crippen molar-refractivity contribution in [1.82, 2.24) is 5.32 Å². The van der Waals surface area contributed by atoms with Gasteiger partial charge in [0.25, 0.3) is 0 Å². The molecule has 0 aliphatic carbocycles. The van der Waals surface area contributed by atoms with E-state index < -0.39 is 0 Å². The summed E-state index contributed by atoms with van der Waals surface area (Å²) in [4.78, 5) is 0. The van der Waals surface area contributed by atoms with Gasteiger partial charge in [0.15, 0.2) is 11.5 Å². The Bertz CT molecular complexity index is 355. The van der Waals surface area contributed by atoms with E-state index in [0.29, 0.717) is 6.04 Å². The Hall–Kier alpha value is -1.22. The van der Waals surface area contributed by atoms with Gasteiger partial charge >= 0.3 is 0 Å². The van der Waals surface area contributed by atoms with E-state index in [-0.39, 0.29) is 0 Å². The highest BCUT2D eigenvalue weighted by Gasteiger charge is 2.07. The summed E-state index contributed by atoms with van der Waals surface area (Å²) < 4.78 is 11.1. The van der Waals surface area contributed by atoms with E-state index in [2.05, 4.69) is 19.2 Å². The molecule has 0 amide bonds. The third kappa shape index (κ3) is 6.29. The fourth-order valence-electron chi connectivity index (χ4n) is 2.30. The summed E-state index contributed by atoms with van der Waals surface area (Å²) in [5, 5.41) is 3.61. The number of hydrogen-bond acceptors (Lipinski definition) is 3. The second kappa shape index (κ2) is 10.6. The van der Waals surface area contributed by atoms with Gasteiger partial charge in [-0.2, -0.15) is 0 Å². The van der Waals surface area contributed by atoms with E-state index in [0.717, 1.165) is 31.1 Å². The van der Waals surface area contributed by atoms with Crippen molar-refractivity contribution in [3.63, 3.8) is 0 Å². The third-order valence-corrected chi connectivity index (χ3v) is 3.34. The van der Waals surface area contributed by atoms with Crippen LogP contribution >= 0.6 is 0 Å². The van der Waals surface area contributed by atoms with Gasteiger partial charge in [-0.15, -0.1) is 0 Å². The van der Waals surface area contributed by atoms with Crippen LogP contribution in [-0.2, 0) is 0 Å². The zero-order valence-electron chi connectivity index (χ0n) is 13.2. The lowest BCUT2D eigenvalue weighted by Crippen LogP contribution is -2.30. The summed E-state index contributed by atoms with van der Waals surface area (Å²) in [5.74, 6) is 1.64. The van der Waals surface area contributed by atoms with Crippen LogP contribution in [0, 0.1) is 0 Å². The average Bonchev–Trinajstić information content (AvgIpc) is 2.49. The number of methoxy groups -OCH3 is 1. The first-order valence-corrected chi connectivity index (χ1v) is 7.81. The van der Waals surface area contributed by atoms with E-state index in [1.807, 2.05) is 24.3 Å². The quantitative estimate of drug-likeness (QED) is 0.621. The second-order valence-corrected chi connectivity index (χ2v) is 5.08. The van der Waals surface area contributed by atoms with Gasteiger partial charge in [-0.05, 0) is 44.4 Å². The number of ether oxygens (including phenoxy) is 2. The summed E-state index contributed by atoms with van der Waals surface area (Å²) in [6, 6.07) is 8.44. The third-order valence-electron chi connectivity index (χ3n) is 3.34. The molecular formula is C17H29NO2. The van der Waals surface area contributed by atoms with E-state index in [9.17, 15) is 0 Å². The van der Waals surface area contributed by atoms with Crippen molar-refractivity contribution < 1.29 is 9.47 Å². The molecule has 0 aromatic heterocycles. The van der Waals surface area contributed by atoms with Crippen LogP contribution in [0.4, 0.5) is 0 Å². The number of benzene rings is 1. The van der Waals surface area contributed by atoms with Gasteiger partial charge in [-0.3, -0.25) is 0 Å². The van der Waals surface area contributed by atoms with Gasteiger partial charge < -0.3 is 14.8 Å². The molecule has 0 aliphatic heterocycles. The molecule has 0 radical (unpaired) electrons. The van der Waals surface area contributed by atoms with Gasteiger partial charge in [-0.25, -0.2) is 0 Å². The van der Waals surface area contributed by atoms with E-state index in [1.54, 1.807) is 7.11 Å². The van der Waals surface area contributed by atoms with E-state index in [4.69, 9.17) is 9.47 Å². The molecule has 1 rings (SSSR count). The van der Waals surface area contributed by atoms with Crippen LogP contribution in [-0.4, -0.2) is 26.3 Å². The number of rotatable bonds is 11. The Balaban J connectivity index is 2.28. The molecule has 0 bridgehead atoms. The lowest BCUT2D eigenvalue weighted by molar-refractivity contribution is 0.276. The van der Waals surface area contributed by atoms with Gasteiger partial charge in [0.1, 0.15) is 0 Å². The predicted molar refractivity (Wildman–Crippen MR) is 84.7 cm³/mol. The standard InChI is InChI=1S/C17H29NO2/c1-4-9-15(18-13-5-2)10-8-14-20-17-12-7-6-11-16(17)19-3/h6-7,11-12,15,18H,4-5,8-10,13-14H2,1-3H3. The molecule has 1 unspecified atom stereocenters. The van der Waals surface area contributed by atoms with E-state index in [1.165, 1.54) is 25.7 Å². The molecule has 1 atom stereocenters. The molecule has 3 nitrogen and oxygen atoms in total. The molecule has 0 spiro atoms. The van der Waals surface area contributed by atoms with Crippen molar-refractivity contribution in [3.8, 4) is 11.5 Å². The molecule has 1 aromatic carbocycles. The van der Waals surface area contributed by atoms with Crippen molar-refractivity contribution in [1.29, 1.82) is 0 Å². The first-order valence-electron chi connectivity index (χ1n) is 7.81. The number of nitrogens with one attached hydrogen (secondary N) is 1. The Kier molecular flexibility index (Phi) is 8.88. The van der Waals surface area contributed by atoms with Crippen LogP contribution in [0.3, 0.4) is 0 Å². The molecule has 0 saturated carbocycles. The highest BCUT2D eigenvalue weighted by atomic mass is 16.5. The molecular weight excluding hydrogens is 250 g/mol. The molecule has 0 aliphatic rings. The van der Waals surface area contributed by atoms with Crippen molar-refractivity contribution in [3.05, 3.63) is 24.3 Å². The minimum atomic E-state index is 0.626. The van der Waals surface area contributed by atoms with Crippen LogP contribution in [0.1, 0.15) is 46.0 Å². The summed E-state index contributed by atoms with van der Waals surface area (Å²) >= 11 is 0. The second-order valence-electron chi connectivity index (χ2n) is 5.08. The Morgan fingerprint density at radius 2 is 1.80 bits per heavy atom. The van der Waals surface area contributed by atoms with Gasteiger partial charge in [0, 0.05) is 6.04 Å². The minimum Gasteiger partial charge on any atom is -0.493 e. The van der Waals surface area contributed by atoms with Crippen molar-refractivity contribution in [2.75, 3.05) is 20.3 Å². The first-order chi connectivity index (χ1) is 9.81. The maximum atomic E-state index is 5.81.